The maximum Gasteiger partial charge on any atom is 0.239 e. The van der Waals surface area contributed by atoms with Gasteiger partial charge in [0.05, 0.1) is 12.6 Å². The van der Waals surface area contributed by atoms with Crippen LogP contribution in [0, 0.1) is 0 Å². The Labute approximate surface area is 160 Å². The van der Waals surface area contributed by atoms with E-state index in [4.69, 9.17) is 20.9 Å². The molecule has 0 aliphatic heterocycles. The number of halogens is 1. The largest absolute Gasteiger partial charge is 0.382 e. The van der Waals surface area contributed by atoms with Gasteiger partial charge in [0.1, 0.15) is 6.33 Å². The van der Waals surface area contributed by atoms with Crippen molar-refractivity contribution in [2.24, 2.45) is 0 Å². The van der Waals surface area contributed by atoms with Gasteiger partial charge in [-0.1, -0.05) is 28.9 Å². The van der Waals surface area contributed by atoms with E-state index in [2.05, 4.69) is 25.3 Å². The number of hydrogen-bond acceptors (Lipinski definition) is 7. The fraction of sp³-hybridized carbons (Fsp3) is 0.353. The number of aryl methyl sites for hydroxylation is 1. The van der Waals surface area contributed by atoms with Gasteiger partial charge in [0, 0.05) is 32.0 Å². The summed E-state index contributed by atoms with van der Waals surface area (Å²) in [4.78, 5) is 22.5. The molecule has 0 saturated heterocycles. The van der Waals surface area contributed by atoms with Crippen LogP contribution in [-0.2, 0) is 16.0 Å². The quantitative estimate of drug-likeness (QED) is 0.628. The highest BCUT2D eigenvalue weighted by atomic mass is 35.5. The third-order valence-electron chi connectivity index (χ3n) is 4.09. The van der Waals surface area contributed by atoms with Gasteiger partial charge < -0.3 is 14.2 Å². The number of ether oxygens (including phenoxy) is 1. The van der Waals surface area contributed by atoms with Crippen LogP contribution in [0.15, 0.2) is 35.1 Å². The highest BCUT2D eigenvalue weighted by molar-refractivity contribution is 6.30. The number of aromatic amines is 1. The molecular weight excluding hydrogens is 372 g/mol. The standard InChI is InChI=1S/C17H19ClN6O3/c1-24(13(9-26-2)11-3-5-12(18)6-4-11)15(25)8-7-14-21-17(23-27-14)16-19-10-20-22-16/h3-6,10,13H,7-9H2,1-2H3,(H,19,20,22)/t13-/m1/s1. The minimum absolute atomic E-state index is 0.0635. The topological polar surface area (TPSA) is 110 Å². The van der Waals surface area contributed by atoms with Crippen LogP contribution in [0.3, 0.4) is 0 Å². The summed E-state index contributed by atoms with van der Waals surface area (Å²) in [6, 6.07) is 7.14. The van der Waals surface area contributed by atoms with Gasteiger partial charge >= 0.3 is 0 Å². The smallest absolute Gasteiger partial charge is 0.239 e. The summed E-state index contributed by atoms with van der Waals surface area (Å²) in [6.45, 7) is 0.375. The van der Waals surface area contributed by atoms with Crippen molar-refractivity contribution in [1.29, 1.82) is 0 Å². The monoisotopic (exact) mass is 390 g/mol. The molecule has 27 heavy (non-hydrogen) atoms. The second-order valence-electron chi connectivity index (χ2n) is 5.87. The number of carbonyl (C=O) groups excluding carboxylic acids is 1. The van der Waals surface area contributed by atoms with Gasteiger partial charge in [0.15, 0.2) is 5.82 Å². The molecule has 0 saturated carbocycles. The van der Waals surface area contributed by atoms with Crippen molar-refractivity contribution in [3.8, 4) is 11.6 Å². The van der Waals surface area contributed by atoms with E-state index in [-0.39, 0.29) is 18.4 Å². The van der Waals surface area contributed by atoms with Crippen LogP contribution in [0.2, 0.25) is 5.02 Å². The lowest BCUT2D eigenvalue weighted by atomic mass is 10.1. The third kappa shape index (κ3) is 4.69. The van der Waals surface area contributed by atoms with E-state index in [0.29, 0.717) is 35.6 Å². The highest BCUT2D eigenvalue weighted by Gasteiger charge is 2.22. The molecule has 0 radical (unpaired) electrons. The molecule has 3 aromatic rings. The zero-order valence-corrected chi connectivity index (χ0v) is 15.7. The molecule has 2 heterocycles. The Kier molecular flexibility index (Phi) is 6.15. The Hall–Kier alpha value is -2.78. The van der Waals surface area contributed by atoms with Gasteiger partial charge in [0.2, 0.25) is 17.6 Å². The number of likely N-dealkylation sites (N-methyl/N-ethyl adjacent to an activating group) is 1. The fourth-order valence-electron chi connectivity index (χ4n) is 2.60. The number of H-pyrrole nitrogens is 1. The molecule has 9 nitrogen and oxygen atoms in total. The maximum absolute atomic E-state index is 12.6. The van der Waals surface area contributed by atoms with Crippen LogP contribution < -0.4 is 0 Å². The molecule has 0 spiro atoms. The summed E-state index contributed by atoms with van der Waals surface area (Å²) in [5.41, 5.74) is 0.947. The first-order chi connectivity index (χ1) is 13.1. The van der Waals surface area contributed by atoms with Crippen molar-refractivity contribution in [2.75, 3.05) is 20.8 Å². The van der Waals surface area contributed by atoms with Crippen molar-refractivity contribution in [1.82, 2.24) is 30.2 Å². The molecule has 1 aromatic carbocycles. The lowest BCUT2D eigenvalue weighted by molar-refractivity contribution is -0.133. The average Bonchev–Trinajstić information content (AvgIpc) is 3.36. The molecule has 0 fully saturated rings. The first-order valence-electron chi connectivity index (χ1n) is 8.27. The molecule has 3 rings (SSSR count). The second kappa shape index (κ2) is 8.74. The Morgan fingerprint density at radius 2 is 2.15 bits per heavy atom. The number of carbonyl (C=O) groups is 1. The molecule has 1 N–H and O–H groups in total. The number of methoxy groups -OCH3 is 1. The van der Waals surface area contributed by atoms with Crippen molar-refractivity contribution in [3.63, 3.8) is 0 Å². The molecule has 0 aliphatic carbocycles. The SMILES string of the molecule is COC[C@H](c1ccc(Cl)cc1)N(C)C(=O)CCc1nc(-c2ncn[nH]2)no1. The zero-order chi connectivity index (χ0) is 19.2. The van der Waals surface area contributed by atoms with Crippen LogP contribution in [0.1, 0.15) is 23.9 Å². The molecule has 1 amide bonds. The van der Waals surface area contributed by atoms with E-state index in [1.165, 1.54) is 6.33 Å². The minimum atomic E-state index is -0.216. The molecule has 0 aliphatic rings. The number of amides is 1. The predicted octanol–water partition coefficient (Wildman–Crippen LogP) is 2.29. The summed E-state index contributed by atoms with van der Waals surface area (Å²) >= 11 is 5.95. The molecule has 1 atom stereocenters. The average molecular weight is 391 g/mol. The van der Waals surface area contributed by atoms with Crippen LogP contribution in [0.5, 0.6) is 0 Å². The second-order valence-corrected chi connectivity index (χ2v) is 6.31. The fourth-order valence-corrected chi connectivity index (χ4v) is 2.73. The lowest BCUT2D eigenvalue weighted by Crippen LogP contribution is -2.33. The first kappa shape index (κ1) is 19.0. The Balaban J connectivity index is 1.62. The maximum atomic E-state index is 12.6. The van der Waals surface area contributed by atoms with Crippen molar-refractivity contribution in [2.45, 2.75) is 18.9 Å². The predicted molar refractivity (Wildman–Crippen MR) is 96.8 cm³/mol. The molecule has 2 aromatic heterocycles. The van der Waals surface area contributed by atoms with E-state index in [0.717, 1.165) is 5.56 Å². The summed E-state index contributed by atoms with van der Waals surface area (Å²) in [5.74, 6) is 1.02. The summed E-state index contributed by atoms with van der Waals surface area (Å²) < 4.78 is 10.4. The van der Waals surface area contributed by atoms with E-state index in [1.54, 1.807) is 31.2 Å². The normalized spacial score (nSPS) is 12.1. The highest BCUT2D eigenvalue weighted by Crippen LogP contribution is 2.23. The summed E-state index contributed by atoms with van der Waals surface area (Å²) in [5, 5.41) is 10.9. The van der Waals surface area contributed by atoms with Crippen LogP contribution in [-0.4, -0.2) is 56.9 Å². The number of nitrogens with one attached hydrogen (secondary N) is 1. The van der Waals surface area contributed by atoms with Crippen LogP contribution >= 0.6 is 11.6 Å². The van der Waals surface area contributed by atoms with Gasteiger partial charge in [-0.05, 0) is 17.7 Å². The zero-order valence-electron chi connectivity index (χ0n) is 14.9. The lowest BCUT2D eigenvalue weighted by Gasteiger charge is -2.28. The van der Waals surface area contributed by atoms with E-state index < -0.39 is 0 Å². The van der Waals surface area contributed by atoms with E-state index in [1.807, 2.05) is 12.1 Å². The van der Waals surface area contributed by atoms with Gasteiger partial charge in [0.25, 0.3) is 0 Å². The van der Waals surface area contributed by atoms with Gasteiger partial charge in [-0.2, -0.15) is 10.1 Å². The summed E-state index contributed by atoms with van der Waals surface area (Å²) in [6.07, 6.45) is 1.91. The molecule has 0 unspecified atom stereocenters. The number of aromatic nitrogens is 5. The van der Waals surface area contributed by atoms with Crippen LogP contribution in [0.25, 0.3) is 11.6 Å². The molecular formula is C17H19ClN6O3. The Morgan fingerprint density at radius 3 is 2.81 bits per heavy atom. The minimum Gasteiger partial charge on any atom is -0.382 e. The first-order valence-corrected chi connectivity index (χ1v) is 8.64. The van der Waals surface area contributed by atoms with E-state index in [9.17, 15) is 4.79 Å². The van der Waals surface area contributed by atoms with Crippen molar-refractivity contribution < 1.29 is 14.1 Å². The Bertz CT molecular complexity index is 865. The third-order valence-corrected chi connectivity index (χ3v) is 4.34. The molecule has 10 heteroatoms. The van der Waals surface area contributed by atoms with Crippen LogP contribution in [0.4, 0.5) is 0 Å². The molecule has 0 bridgehead atoms. The summed E-state index contributed by atoms with van der Waals surface area (Å²) in [7, 11) is 3.35. The number of benzene rings is 1. The van der Waals surface area contributed by atoms with Crippen molar-refractivity contribution >= 4 is 17.5 Å². The number of nitrogens with zero attached hydrogens (tertiary/aromatic N) is 5. The van der Waals surface area contributed by atoms with Gasteiger partial charge in [-0.15, -0.1) is 0 Å². The van der Waals surface area contributed by atoms with Crippen molar-refractivity contribution in [3.05, 3.63) is 47.1 Å². The molecule has 142 valence electrons. The van der Waals surface area contributed by atoms with Gasteiger partial charge in [-0.25, -0.2) is 4.98 Å². The van der Waals surface area contributed by atoms with E-state index >= 15 is 0 Å². The number of rotatable bonds is 8. The number of hydrogen-bond donors (Lipinski definition) is 1. The van der Waals surface area contributed by atoms with Gasteiger partial charge in [-0.3, -0.25) is 9.89 Å². The Morgan fingerprint density at radius 1 is 1.37 bits per heavy atom.